The highest BCUT2D eigenvalue weighted by Crippen LogP contribution is 2.50. The Morgan fingerprint density at radius 1 is 0.766 bits per heavy atom. The Morgan fingerprint density at radius 2 is 1.32 bits per heavy atom. The molecule has 2 aliphatic carbocycles. The molecule has 3 aromatic heterocycles. The van der Waals surface area contributed by atoms with Gasteiger partial charge in [0.05, 0.1) is 86.4 Å². The van der Waals surface area contributed by atoms with E-state index >= 15 is 4.39 Å². The summed E-state index contributed by atoms with van der Waals surface area (Å²) in [6.07, 6.45) is 2.62. The van der Waals surface area contributed by atoms with Gasteiger partial charge in [-0.25, -0.2) is 35.6 Å². The van der Waals surface area contributed by atoms with Crippen molar-refractivity contribution in [2.24, 2.45) is 23.7 Å². The molecular weight excluding hydrogens is 1060 g/mol. The van der Waals surface area contributed by atoms with Crippen LogP contribution in [0.1, 0.15) is 80.6 Å². The molecule has 10 rings (SSSR count). The minimum Gasteiger partial charge on any atom is -0.374 e. The van der Waals surface area contributed by atoms with Gasteiger partial charge in [-0.05, 0) is 97.9 Å². The van der Waals surface area contributed by atoms with Crippen molar-refractivity contribution in [1.29, 1.82) is 10.5 Å². The van der Waals surface area contributed by atoms with E-state index in [1.54, 1.807) is 6.07 Å². The fourth-order valence-electron chi connectivity index (χ4n) is 11.4. The molecule has 6 heterocycles. The molecule has 2 N–H and O–H groups in total. The molecule has 406 valence electrons. The van der Waals surface area contributed by atoms with Crippen molar-refractivity contribution in [3.8, 4) is 43.7 Å². The van der Waals surface area contributed by atoms with Crippen LogP contribution in [0, 0.1) is 52.2 Å². The van der Waals surface area contributed by atoms with E-state index in [1.165, 1.54) is 28.7 Å². The number of aromatic nitrogens is 3. The number of carbonyl (C=O) groups excluding carboxylic acids is 2. The molecule has 0 radical (unpaired) electrons. The summed E-state index contributed by atoms with van der Waals surface area (Å²) in [6, 6.07) is 22.3. The van der Waals surface area contributed by atoms with E-state index in [2.05, 4.69) is 27.8 Å². The van der Waals surface area contributed by atoms with Crippen LogP contribution in [0.25, 0.3) is 31.6 Å². The molecule has 16 nitrogen and oxygen atoms in total. The number of halogens is 2. The zero-order chi connectivity index (χ0) is 54.2. The molecule has 0 spiro atoms. The number of sulfone groups is 2. The minimum atomic E-state index is -3.09. The van der Waals surface area contributed by atoms with Crippen molar-refractivity contribution in [3.05, 3.63) is 89.1 Å². The molecule has 2 saturated carbocycles. The number of alkyl halides is 1. The predicted molar refractivity (Wildman–Crippen MR) is 292 cm³/mol. The number of anilines is 2. The maximum Gasteiger partial charge on any atom is 0.225 e. The van der Waals surface area contributed by atoms with Crippen molar-refractivity contribution >= 4 is 65.5 Å². The molecule has 5 fully saturated rings. The van der Waals surface area contributed by atoms with Crippen LogP contribution in [-0.2, 0) is 40.4 Å². The Labute approximate surface area is 456 Å². The molecule has 7 atom stereocenters. The van der Waals surface area contributed by atoms with Crippen molar-refractivity contribution in [1.82, 2.24) is 25.6 Å². The number of rotatable bonds is 14. The zero-order valence-corrected chi connectivity index (χ0v) is 46.1. The van der Waals surface area contributed by atoms with Crippen molar-refractivity contribution < 1.29 is 39.9 Å². The van der Waals surface area contributed by atoms with Gasteiger partial charge in [-0.15, -0.1) is 22.7 Å². The Balaban J connectivity index is 0.987. The number of thiazole rings is 2. The van der Waals surface area contributed by atoms with Crippen LogP contribution in [0.3, 0.4) is 0 Å². The molecule has 2 aromatic carbocycles. The van der Waals surface area contributed by atoms with Crippen LogP contribution in [-0.4, -0.2) is 124 Å². The predicted octanol–water partition coefficient (Wildman–Crippen LogP) is 7.64. The van der Waals surface area contributed by atoms with Crippen LogP contribution in [0.2, 0.25) is 0 Å². The molecule has 5 aliphatic rings. The SMILES string of the molecule is CC(C)C(C#N)NC(=O)C1CC(F)CCC1c1nc(CC2CCC(c3nc(-c4ccc(F)cn4)sc3-c3ccc(N4CCS(=O)(=O)CC4)cc3)C(C(=O)NC3(C#N)COC3)C2)sc1-c1ccc(N2CCS(=O)(=O)CC2)cc1. The summed E-state index contributed by atoms with van der Waals surface area (Å²) in [5.41, 5.74) is 4.09. The van der Waals surface area contributed by atoms with Gasteiger partial charge in [0.2, 0.25) is 11.8 Å². The normalized spacial score (nSPS) is 25.2. The number of ether oxygens (including phenoxy) is 1. The second kappa shape index (κ2) is 22.4. The number of benzene rings is 2. The van der Waals surface area contributed by atoms with Gasteiger partial charge in [0.15, 0.2) is 25.2 Å². The van der Waals surface area contributed by atoms with Crippen LogP contribution < -0.4 is 20.4 Å². The molecule has 2 amide bonds. The maximum atomic E-state index is 15.4. The fraction of sp³-hybridized carbons (Fsp3) is 0.509. The first-order valence-corrected chi connectivity index (χ1v) is 31.6. The first kappa shape index (κ1) is 54.4. The molecular formula is C55H61F2N9O7S4. The van der Waals surface area contributed by atoms with Crippen molar-refractivity contribution in [2.75, 3.05) is 72.2 Å². The molecule has 5 aromatic rings. The Bertz CT molecular complexity index is 3270. The third-order valence-corrected chi connectivity index (χ3v) is 21.4. The lowest BCUT2D eigenvalue weighted by Gasteiger charge is -2.40. The number of nitrogens with one attached hydrogen (secondary N) is 2. The Morgan fingerprint density at radius 3 is 1.84 bits per heavy atom. The molecule has 7 unspecified atom stereocenters. The molecule has 0 bridgehead atoms. The first-order valence-electron chi connectivity index (χ1n) is 26.3. The summed E-state index contributed by atoms with van der Waals surface area (Å²) < 4.78 is 84.0. The number of carbonyl (C=O) groups is 2. The number of hydrogen-bond donors (Lipinski definition) is 2. The number of pyridine rings is 1. The first-order chi connectivity index (χ1) is 36.9. The number of nitriles is 2. The van der Waals surface area contributed by atoms with Crippen molar-refractivity contribution in [3.63, 3.8) is 0 Å². The van der Waals surface area contributed by atoms with Crippen LogP contribution in [0.4, 0.5) is 20.2 Å². The summed E-state index contributed by atoms with van der Waals surface area (Å²) in [5.74, 6) is -3.45. The fourth-order valence-corrected chi connectivity index (χ4v) is 16.1. The van der Waals surface area contributed by atoms with Gasteiger partial charge in [-0.3, -0.25) is 14.6 Å². The van der Waals surface area contributed by atoms with E-state index in [-0.39, 0.29) is 72.7 Å². The average molecular weight is 1130 g/mol. The summed E-state index contributed by atoms with van der Waals surface area (Å²) >= 11 is 2.90. The third kappa shape index (κ3) is 12.1. The van der Waals surface area contributed by atoms with Gasteiger partial charge >= 0.3 is 0 Å². The lowest BCUT2D eigenvalue weighted by Crippen LogP contribution is -2.62. The second-order valence-electron chi connectivity index (χ2n) is 21.5. The van der Waals surface area contributed by atoms with Gasteiger partial charge in [0.1, 0.15) is 23.0 Å². The van der Waals surface area contributed by atoms with E-state index in [0.29, 0.717) is 80.4 Å². The van der Waals surface area contributed by atoms with E-state index in [9.17, 15) is 41.3 Å². The Kier molecular flexibility index (Phi) is 15.9. The summed E-state index contributed by atoms with van der Waals surface area (Å²) in [5, 5.41) is 27.5. The largest absolute Gasteiger partial charge is 0.374 e. The quantitative estimate of drug-likeness (QED) is 0.109. The van der Waals surface area contributed by atoms with E-state index in [0.717, 1.165) is 43.5 Å². The minimum absolute atomic E-state index is 0.0154. The summed E-state index contributed by atoms with van der Waals surface area (Å²) in [4.78, 5) is 49.7. The number of hydrogen-bond acceptors (Lipinski definition) is 16. The van der Waals surface area contributed by atoms with E-state index in [4.69, 9.17) is 14.7 Å². The monoisotopic (exact) mass is 1130 g/mol. The standard InChI is InChI=1S/C55H61F2N9O7S4/c1-33(2)46(28-58)61-52(67)44-27-37(56)8-15-42(44)48-50(35-4-10-39(11-5-35)65-17-21-76(69,70)22-18-65)74-47(62-48)26-34-3-14-41(43(25-34)53(68)64-55(30-59)31-73-32-55)49-51(75-54(63-49)45-16-9-38(57)29-60-45)36-6-12-40(13-7-36)66-19-23-77(71,72)24-20-66/h4-7,9-13,16,29,33-34,37,41-44,46H,3,8,14-15,17-27,31-32H2,1-2H3,(H,61,67)(H,64,68). The van der Waals surface area contributed by atoms with Gasteiger partial charge in [0.25, 0.3) is 0 Å². The molecule has 77 heavy (non-hydrogen) atoms. The van der Waals surface area contributed by atoms with Gasteiger partial charge in [0, 0.05) is 67.6 Å². The van der Waals surface area contributed by atoms with Gasteiger partial charge in [-0.1, -0.05) is 38.1 Å². The van der Waals surface area contributed by atoms with E-state index < -0.39 is 66.9 Å². The number of amides is 2. The van der Waals surface area contributed by atoms with Gasteiger partial charge < -0.3 is 25.2 Å². The van der Waals surface area contributed by atoms with Crippen molar-refractivity contribution in [2.45, 2.75) is 88.4 Å². The molecule has 22 heteroatoms. The smallest absolute Gasteiger partial charge is 0.225 e. The molecule has 3 aliphatic heterocycles. The van der Waals surface area contributed by atoms with Crippen LogP contribution >= 0.6 is 22.7 Å². The number of nitrogens with zero attached hydrogens (tertiary/aromatic N) is 7. The lowest BCUT2D eigenvalue weighted by atomic mass is 9.70. The Hall–Kier alpha value is -5.91. The second-order valence-corrected chi connectivity index (χ2v) is 28.2. The topological polar surface area (TPSA) is 228 Å². The van der Waals surface area contributed by atoms with Crippen LogP contribution in [0.5, 0.6) is 0 Å². The third-order valence-electron chi connectivity index (χ3n) is 15.9. The average Bonchev–Trinajstić information content (AvgIpc) is 4.05. The maximum absolute atomic E-state index is 15.4. The van der Waals surface area contributed by atoms with Gasteiger partial charge in [-0.2, -0.15) is 10.5 Å². The highest BCUT2D eigenvalue weighted by Gasteiger charge is 2.46. The van der Waals surface area contributed by atoms with Crippen LogP contribution in [0.15, 0.2) is 66.9 Å². The molecule has 3 saturated heterocycles. The highest BCUT2D eigenvalue weighted by molar-refractivity contribution is 7.91. The summed E-state index contributed by atoms with van der Waals surface area (Å²) in [6.45, 7) is 5.33. The van der Waals surface area contributed by atoms with E-state index in [1.807, 2.05) is 72.2 Å². The highest BCUT2D eigenvalue weighted by atomic mass is 32.2. The zero-order valence-electron chi connectivity index (χ0n) is 42.9. The summed E-state index contributed by atoms with van der Waals surface area (Å²) in [7, 11) is -6.18. The lowest BCUT2D eigenvalue weighted by molar-refractivity contribution is -0.134.